The highest BCUT2D eigenvalue weighted by Crippen LogP contribution is 2.15. The molecule has 6 nitrogen and oxygen atoms in total. The first-order chi connectivity index (χ1) is 7.32. The van der Waals surface area contributed by atoms with Crippen LogP contribution in [0, 0.1) is 0 Å². The van der Waals surface area contributed by atoms with Crippen LogP contribution in [-0.2, 0) is 4.79 Å². The first kappa shape index (κ1) is 12.2. The van der Waals surface area contributed by atoms with Gasteiger partial charge in [0.15, 0.2) is 0 Å². The molecule has 1 aromatic rings. The summed E-state index contributed by atoms with van der Waals surface area (Å²) in [5.74, 6) is -1.41. The van der Waals surface area contributed by atoms with E-state index in [2.05, 4.69) is 9.97 Å². The molecule has 0 saturated heterocycles. The summed E-state index contributed by atoms with van der Waals surface area (Å²) in [7, 11) is 0. The summed E-state index contributed by atoms with van der Waals surface area (Å²) in [5, 5.41) is 8.77. The van der Waals surface area contributed by atoms with Gasteiger partial charge in [0.1, 0.15) is 12.2 Å². The van der Waals surface area contributed by atoms with E-state index in [4.69, 9.17) is 5.11 Å². The molecule has 0 aliphatic heterocycles. The van der Waals surface area contributed by atoms with Crippen molar-refractivity contribution >= 4 is 11.9 Å². The SMILES string of the molecule is CC(C)(C)N(CC(=O)O)C(=O)c1cnc[nH]1. The molecule has 16 heavy (non-hydrogen) atoms. The number of hydrogen-bond acceptors (Lipinski definition) is 3. The molecule has 1 amide bonds. The number of imidazole rings is 1. The summed E-state index contributed by atoms with van der Waals surface area (Å²) in [6.45, 7) is 5.01. The van der Waals surface area contributed by atoms with Crippen LogP contribution in [0.5, 0.6) is 0 Å². The van der Waals surface area contributed by atoms with Gasteiger partial charge < -0.3 is 15.0 Å². The number of carboxylic acid groups (broad SMARTS) is 1. The van der Waals surface area contributed by atoms with Crippen LogP contribution in [0.1, 0.15) is 31.3 Å². The van der Waals surface area contributed by atoms with E-state index < -0.39 is 11.5 Å². The van der Waals surface area contributed by atoms with Gasteiger partial charge in [0.05, 0.1) is 12.5 Å². The van der Waals surface area contributed by atoms with E-state index in [0.717, 1.165) is 0 Å². The van der Waals surface area contributed by atoms with Gasteiger partial charge in [-0.05, 0) is 20.8 Å². The number of H-pyrrole nitrogens is 1. The Morgan fingerprint density at radius 2 is 2.12 bits per heavy atom. The van der Waals surface area contributed by atoms with Crippen molar-refractivity contribution in [3.05, 3.63) is 18.2 Å². The number of nitrogens with one attached hydrogen (secondary N) is 1. The van der Waals surface area contributed by atoms with Crippen LogP contribution in [0.15, 0.2) is 12.5 Å². The first-order valence-electron chi connectivity index (χ1n) is 4.84. The molecule has 0 saturated carbocycles. The predicted octanol–water partition coefficient (Wildman–Crippen LogP) is 0.735. The lowest BCUT2D eigenvalue weighted by atomic mass is 10.1. The monoisotopic (exact) mass is 225 g/mol. The fourth-order valence-corrected chi connectivity index (χ4v) is 1.27. The maximum absolute atomic E-state index is 12.0. The topological polar surface area (TPSA) is 86.3 Å². The number of carbonyl (C=O) groups is 2. The smallest absolute Gasteiger partial charge is 0.323 e. The second kappa shape index (κ2) is 4.34. The van der Waals surface area contributed by atoms with Crippen LogP contribution >= 0.6 is 0 Å². The third kappa shape index (κ3) is 2.82. The van der Waals surface area contributed by atoms with Crippen LogP contribution < -0.4 is 0 Å². The van der Waals surface area contributed by atoms with Gasteiger partial charge in [-0.25, -0.2) is 4.98 Å². The Bertz CT molecular complexity index is 379. The van der Waals surface area contributed by atoms with E-state index in [1.165, 1.54) is 17.4 Å². The largest absolute Gasteiger partial charge is 0.480 e. The highest BCUT2D eigenvalue weighted by atomic mass is 16.4. The number of amides is 1. The molecular weight excluding hydrogens is 210 g/mol. The maximum atomic E-state index is 12.0. The van der Waals surface area contributed by atoms with Gasteiger partial charge in [0.2, 0.25) is 0 Å². The molecule has 1 rings (SSSR count). The zero-order chi connectivity index (χ0) is 12.3. The molecule has 0 aliphatic rings. The van der Waals surface area contributed by atoms with E-state index >= 15 is 0 Å². The summed E-state index contributed by atoms with van der Waals surface area (Å²) in [6, 6.07) is 0. The number of carboxylic acids is 1. The maximum Gasteiger partial charge on any atom is 0.323 e. The van der Waals surface area contributed by atoms with Crippen molar-refractivity contribution in [1.29, 1.82) is 0 Å². The standard InChI is InChI=1S/C10H15N3O3/c1-10(2,3)13(5-8(14)15)9(16)7-4-11-6-12-7/h4,6H,5H2,1-3H3,(H,11,12)(H,14,15). The second-order valence-electron chi connectivity index (χ2n) is 4.42. The van der Waals surface area contributed by atoms with Gasteiger partial charge in [0, 0.05) is 5.54 Å². The molecule has 0 spiro atoms. The molecule has 0 aliphatic carbocycles. The van der Waals surface area contributed by atoms with Gasteiger partial charge in [-0.15, -0.1) is 0 Å². The minimum atomic E-state index is -1.04. The third-order valence-corrected chi connectivity index (χ3v) is 2.08. The summed E-state index contributed by atoms with van der Waals surface area (Å²) >= 11 is 0. The highest BCUT2D eigenvalue weighted by Gasteiger charge is 2.29. The molecule has 0 unspecified atom stereocenters. The number of nitrogens with zero attached hydrogens (tertiary/aromatic N) is 2. The lowest BCUT2D eigenvalue weighted by Gasteiger charge is -2.33. The van der Waals surface area contributed by atoms with Crippen molar-refractivity contribution in [2.24, 2.45) is 0 Å². The summed E-state index contributed by atoms with van der Waals surface area (Å²) in [5.41, 5.74) is -0.267. The molecule has 2 N–H and O–H groups in total. The van der Waals surface area contributed by atoms with Gasteiger partial charge in [-0.1, -0.05) is 0 Å². The van der Waals surface area contributed by atoms with Crippen molar-refractivity contribution in [1.82, 2.24) is 14.9 Å². The number of aromatic nitrogens is 2. The van der Waals surface area contributed by atoms with Gasteiger partial charge in [-0.3, -0.25) is 9.59 Å². The van der Waals surface area contributed by atoms with Gasteiger partial charge in [0.25, 0.3) is 5.91 Å². The zero-order valence-corrected chi connectivity index (χ0v) is 9.52. The Balaban J connectivity index is 2.94. The van der Waals surface area contributed by atoms with Gasteiger partial charge in [-0.2, -0.15) is 0 Å². The van der Waals surface area contributed by atoms with E-state index in [-0.39, 0.29) is 18.1 Å². The third-order valence-electron chi connectivity index (χ3n) is 2.08. The van der Waals surface area contributed by atoms with Crippen molar-refractivity contribution in [2.45, 2.75) is 26.3 Å². The fraction of sp³-hybridized carbons (Fsp3) is 0.500. The van der Waals surface area contributed by atoms with Crippen molar-refractivity contribution in [3.63, 3.8) is 0 Å². The molecule has 0 radical (unpaired) electrons. The normalized spacial score (nSPS) is 11.2. The molecule has 1 heterocycles. The van der Waals surface area contributed by atoms with Crippen LogP contribution in [-0.4, -0.2) is 43.9 Å². The number of hydrogen-bond donors (Lipinski definition) is 2. The van der Waals surface area contributed by atoms with Crippen molar-refractivity contribution in [3.8, 4) is 0 Å². The van der Waals surface area contributed by atoms with Crippen molar-refractivity contribution in [2.75, 3.05) is 6.54 Å². The summed E-state index contributed by atoms with van der Waals surface area (Å²) in [6.07, 6.45) is 2.76. The van der Waals surface area contributed by atoms with Crippen LogP contribution in [0.4, 0.5) is 0 Å². The molecule has 0 atom stereocenters. The van der Waals surface area contributed by atoms with Crippen LogP contribution in [0.3, 0.4) is 0 Å². The number of carbonyl (C=O) groups excluding carboxylic acids is 1. The van der Waals surface area contributed by atoms with E-state index in [0.29, 0.717) is 0 Å². The Morgan fingerprint density at radius 3 is 2.50 bits per heavy atom. The number of rotatable bonds is 3. The fourth-order valence-electron chi connectivity index (χ4n) is 1.27. The lowest BCUT2D eigenvalue weighted by molar-refractivity contribution is -0.138. The molecular formula is C10H15N3O3. The van der Waals surface area contributed by atoms with Gasteiger partial charge >= 0.3 is 5.97 Å². The van der Waals surface area contributed by atoms with Crippen LogP contribution in [0.25, 0.3) is 0 Å². The van der Waals surface area contributed by atoms with Crippen LogP contribution in [0.2, 0.25) is 0 Å². The number of aliphatic carboxylic acids is 1. The molecule has 0 aromatic carbocycles. The summed E-state index contributed by atoms with van der Waals surface area (Å²) < 4.78 is 0. The zero-order valence-electron chi connectivity index (χ0n) is 9.52. The minimum absolute atomic E-state index is 0.288. The molecule has 88 valence electrons. The molecule has 1 aromatic heterocycles. The Hall–Kier alpha value is -1.85. The lowest BCUT2D eigenvalue weighted by Crippen LogP contribution is -2.48. The Labute approximate surface area is 93.3 Å². The summed E-state index contributed by atoms with van der Waals surface area (Å²) in [4.78, 5) is 30.4. The average Bonchev–Trinajstić information content (AvgIpc) is 2.63. The molecule has 0 fully saturated rings. The molecule has 6 heteroatoms. The predicted molar refractivity (Wildman–Crippen MR) is 57.0 cm³/mol. The van der Waals surface area contributed by atoms with Crippen molar-refractivity contribution < 1.29 is 14.7 Å². The van der Waals surface area contributed by atoms with E-state index in [1.54, 1.807) is 20.8 Å². The minimum Gasteiger partial charge on any atom is -0.480 e. The average molecular weight is 225 g/mol. The number of aromatic amines is 1. The highest BCUT2D eigenvalue weighted by molar-refractivity contribution is 5.94. The quantitative estimate of drug-likeness (QED) is 0.794. The first-order valence-corrected chi connectivity index (χ1v) is 4.84. The van der Waals surface area contributed by atoms with E-state index in [9.17, 15) is 9.59 Å². The Morgan fingerprint density at radius 1 is 1.50 bits per heavy atom. The van der Waals surface area contributed by atoms with E-state index in [1.807, 2.05) is 0 Å². The Kier molecular flexibility index (Phi) is 3.31. The second-order valence-corrected chi connectivity index (χ2v) is 4.42. The molecule has 0 bridgehead atoms.